The van der Waals surface area contributed by atoms with E-state index in [4.69, 9.17) is 71.1 Å². The lowest BCUT2D eigenvalue weighted by Gasteiger charge is -2.64. The van der Waals surface area contributed by atoms with Gasteiger partial charge in [-0.3, -0.25) is 4.79 Å². The molecule has 0 aromatic heterocycles. The first kappa shape index (κ1) is 78.1. The first-order valence-electron chi connectivity index (χ1n) is 35.2. The van der Waals surface area contributed by atoms with Crippen LogP contribution in [0.25, 0.3) is 0 Å². The van der Waals surface area contributed by atoms with Crippen LogP contribution in [0.3, 0.4) is 0 Å². The summed E-state index contributed by atoms with van der Waals surface area (Å²) in [6, 6.07) is 0. The number of methoxy groups -OCH3 is 2. The standard InChI is InChI=1S/C67H110O32/c1-26(2)12-11-17-66(8)36-15-19-65(7)28-13-14-35-63(4,5)38(16-18-64(35,6)29(28)20-37(72)67(36,65)62(84)99-66)94-61-55(43(77)34(25-87-61)93-57-48(82)53(41(75)32(23-70)89-57)96-58-46(80)51(85-9)39(73)30(21-68)90-58)98-56-45(79)44(78)50(27(3)88-56)95-60-49(83)54(42(76)33(24-71)92-60)97-59-47(81)52(86-10)40(74)31(22-69)91-59/h20,26-28,30-61,68-83H,11-19,21-25H2,1-10H3/t27?,28-,30?,31?,32?,33?,34-,35?,36-,37+,38+,39-,40-,41-,42-,43?,44?,45?,46?,47?,48?,49?,50-,51?,52?,53?,54?,55?,56+,57+,58+,59+,60+,61+,64-,65+,66+,67?/m1/s1. The quantitative estimate of drug-likeness (QED) is 0.0279. The van der Waals surface area contributed by atoms with Crippen molar-refractivity contribution in [3.63, 3.8) is 0 Å². The molecule has 7 heterocycles. The van der Waals surface area contributed by atoms with Crippen LogP contribution >= 0.6 is 0 Å². The highest BCUT2D eigenvalue weighted by atomic mass is 16.8. The van der Waals surface area contributed by atoms with E-state index in [1.807, 2.05) is 13.0 Å². The Labute approximate surface area is 575 Å². The van der Waals surface area contributed by atoms with Crippen molar-refractivity contribution >= 4 is 5.97 Å². The van der Waals surface area contributed by atoms with Gasteiger partial charge in [-0.25, -0.2) is 0 Å². The minimum Gasteiger partial charge on any atom is -0.459 e. The van der Waals surface area contributed by atoms with E-state index in [-0.39, 0.29) is 23.7 Å². The van der Waals surface area contributed by atoms with Crippen molar-refractivity contribution < 1.29 is 158 Å². The van der Waals surface area contributed by atoms with E-state index in [9.17, 15) is 86.5 Å². The van der Waals surface area contributed by atoms with Gasteiger partial charge in [-0.2, -0.15) is 0 Å². The number of carbonyl (C=O) groups is 1. The van der Waals surface area contributed by atoms with Gasteiger partial charge in [0.2, 0.25) is 0 Å². The van der Waals surface area contributed by atoms with Gasteiger partial charge in [0.05, 0.1) is 51.3 Å². The normalized spacial score (nSPS) is 52.9. The molecular formula is C67H110O32. The molecule has 4 aliphatic carbocycles. The van der Waals surface area contributed by atoms with Crippen LogP contribution in [0.5, 0.6) is 0 Å². The third-order valence-corrected chi connectivity index (χ3v) is 24.9. The second-order valence-corrected chi connectivity index (χ2v) is 31.2. The summed E-state index contributed by atoms with van der Waals surface area (Å²) >= 11 is 0. The van der Waals surface area contributed by atoms with Crippen LogP contribution in [0, 0.1) is 45.3 Å². The van der Waals surface area contributed by atoms with Crippen LogP contribution in [0.2, 0.25) is 0 Å². The van der Waals surface area contributed by atoms with Gasteiger partial charge in [-0.1, -0.05) is 59.6 Å². The summed E-state index contributed by atoms with van der Waals surface area (Å²) in [6.07, 6.45) is -42.5. The predicted octanol–water partition coefficient (Wildman–Crippen LogP) is -4.03. The van der Waals surface area contributed by atoms with Crippen molar-refractivity contribution in [2.24, 2.45) is 45.3 Å². The molecule has 7 saturated heterocycles. The molecule has 0 amide bonds. The molecule has 1 spiro atoms. The van der Waals surface area contributed by atoms with Crippen molar-refractivity contribution in [3.8, 4) is 0 Å². The summed E-state index contributed by atoms with van der Waals surface area (Å²) in [5, 5.41) is 180. The van der Waals surface area contributed by atoms with E-state index in [2.05, 4.69) is 41.5 Å². The van der Waals surface area contributed by atoms with E-state index in [0.717, 1.165) is 31.3 Å². The minimum atomic E-state index is -2.08. The number of rotatable bonds is 22. The lowest BCUT2D eigenvalue weighted by atomic mass is 9.40. The molecule has 11 aliphatic rings. The summed E-state index contributed by atoms with van der Waals surface area (Å²) in [4.78, 5) is 14.6. The summed E-state index contributed by atoms with van der Waals surface area (Å²) in [5.41, 5.74) is -2.51. The molecule has 38 atom stereocenters. The number of esters is 1. The number of aliphatic hydroxyl groups is 16. The maximum atomic E-state index is 14.6. The average molecular weight is 1430 g/mol. The molecule has 16 N–H and O–H groups in total. The monoisotopic (exact) mass is 1430 g/mol. The molecule has 19 unspecified atom stereocenters. The third-order valence-electron chi connectivity index (χ3n) is 24.9. The van der Waals surface area contributed by atoms with Crippen molar-refractivity contribution in [3.05, 3.63) is 11.6 Å². The molecular weight excluding hydrogens is 1320 g/mol. The van der Waals surface area contributed by atoms with E-state index >= 15 is 0 Å². The predicted molar refractivity (Wildman–Crippen MR) is 332 cm³/mol. The Balaban J connectivity index is 0.839. The summed E-state index contributed by atoms with van der Waals surface area (Å²) in [6.45, 7) is 12.6. The van der Waals surface area contributed by atoms with E-state index in [1.165, 1.54) is 21.1 Å². The Hall–Kier alpha value is -1.99. The summed E-state index contributed by atoms with van der Waals surface area (Å²) in [5.74, 6) is -0.129. The van der Waals surface area contributed by atoms with E-state index in [1.54, 1.807) is 0 Å². The molecule has 7 aliphatic heterocycles. The van der Waals surface area contributed by atoms with Crippen LogP contribution in [-0.4, -0.2) is 331 Å². The van der Waals surface area contributed by atoms with Gasteiger partial charge in [0.1, 0.15) is 145 Å². The molecule has 3 saturated carbocycles. The SMILES string of the molecule is COC1C(O)[C@H](OC2C(O)[C@H](O[C@@H]3C(C)O[C@@H](OC4C(O)[C@H](O[C@@H]5OC(CO)[C@@H](O)C(O[C@@H]6OC(CO)[C@@H](O)C(OC)C6O)C5O)CO[C@H]4O[C@H]4CC[C@]5(C)C6=C[C@H](O)C78C(=O)O[C@@](C)(CCCC(C)C)[C@H]7CC[C@@]8(C)[C@@H]6CCC5C4(C)C)C(O)C3O)OC(CO)[C@H]2O)OC(CO)[C@H]1O. The number of allylic oxidation sites excluding steroid dienone is 1. The second-order valence-electron chi connectivity index (χ2n) is 31.2. The molecule has 0 aromatic rings. The highest BCUT2D eigenvalue weighted by Gasteiger charge is 2.79. The second kappa shape index (κ2) is 30.3. The lowest BCUT2D eigenvalue weighted by Crippen LogP contribution is -2.67. The Kier molecular flexibility index (Phi) is 23.9. The van der Waals surface area contributed by atoms with Gasteiger partial charge in [0, 0.05) is 20.1 Å². The fraction of sp³-hybridized carbons (Fsp3) is 0.955. The number of cyclic esters (lactones) is 1. The zero-order valence-electron chi connectivity index (χ0n) is 57.9. The molecule has 99 heavy (non-hydrogen) atoms. The van der Waals surface area contributed by atoms with Crippen LogP contribution in [0.4, 0.5) is 0 Å². The fourth-order valence-electron chi connectivity index (χ4n) is 19.4. The summed E-state index contributed by atoms with van der Waals surface area (Å²) < 4.78 is 90.2. The zero-order chi connectivity index (χ0) is 72.1. The van der Waals surface area contributed by atoms with Crippen molar-refractivity contribution in [1.82, 2.24) is 0 Å². The Morgan fingerprint density at radius 2 is 0.980 bits per heavy atom. The maximum Gasteiger partial charge on any atom is 0.316 e. The van der Waals surface area contributed by atoms with E-state index in [0.29, 0.717) is 38.0 Å². The third kappa shape index (κ3) is 13.5. The number of fused-ring (bicyclic) bond motifs is 4. The minimum absolute atomic E-state index is 0.0371. The van der Waals surface area contributed by atoms with Crippen molar-refractivity contribution in [1.29, 1.82) is 0 Å². The van der Waals surface area contributed by atoms with Gasteiger partial charge in [0.25, 0.3) is 0 Å². The van der Waals surface area contributed by atoms with Gasteiger partial charge in [0.15, 0.2) is 37.7 Å². The Bertz CT molecular complexity index is 2740. The van der Waals surface area contributed by atoms with Crippen molar-refractivity contribution in [2.75, 3.05) is 47.3 Å². The smallest absolute Gasteiger partial charge is 0.316 e. The van der Waals surface area contributed by atoms with Crippen LogP contribution in [-0.2, 0) is 75.8 Å². The van der Waals surface area contributed by atoms with Crippen molar-refractivity contribution in [2.45, 2.75) is 309 Å². The number of hydrogen-bond donors (Lipinski definition) is 16. The van der Waals surface area contributed by atoms with Crippen LogP contribution in [0.1, 0.15) is 113 Å². The molecule has 570 valence electrons. The van der Waals surface area contributed by atoms with E-state index < -0.39 is 251 Å². The molecule has 0 radical (unpaired) electrons. The molecule has 11 rings (SSSR count). The number of aliphatic hydroxyl groups excluding tert-OH is 16. The fourth-order valence-corrected chi connectivity index (χ4v) is 19.4. The summed E-state index contributed by atoms with van der Waals surface area (Å²) in [7, 11) is 2.36. The number of ether oxygens (including phenoxy) is 15. The highest BCUT2D eigenvalue weighted by molar-refractivity contribution is 5.84. The molecule has 32 nitrogen and oxygen atoms in total. The molecule has 0 aromatic carbocycles. The van der Waals surface area contributed by atoms with Gasteiger partial charge >= 0.3 is 5.97 Å². The molecule has 10 fully saturated rings. The topological polar surface area (TPSA) is 479 Å². The molecule has 0 bridgehead atoms. The Morgan fingerprint density at radius 3 is 1.48 bits per heavy atom. The maximum absolute atomic E-state index is 14.6. The van der Waals surface area contributed by atoms with Crippen LogP contribution in [0.15, 0.2) is 11.6 Å². The highest BCUT2D eigenvalue weighted by Crippen LogP contribution is 2.76. The number of hydrogen-bond acceptors (Lipinski definition) is 32. The number of carbonyl (C=O) groups excluding carboxylic acids is 1. The largest absolute Gasteiger partial charge is 0.459 e. The van der Waals surface area contributed by atoms with Crippen LogP contribution < -0.4 is 0 Å². The first-order valence-corrected chi connectivity index (χ1v) is 35.2. The average Bonchev–Trinajstić information content (AvgIpc) is 1.53. The van der Waals surface area contributed by atoms with Gasteiger partial charge in [-0.15, -0.1) is 0 Å². The Morgan fingerprint density at radius 1 is 0.505 bits per heavy atom. The molecule has 32 heteroatoms. The van der Waals surface area contributed by atoms with Gasteiger partial charge in [-0.05, 0) is 99.2 Å². The first-order chi connectivity index (χ1) is 46.8. The zero-order valence-corrected chi connectivity index (χ0v) is 57.9. The van der Waals surface area contributed by atoms with Gasteiger partial charge < -0.3 is 153 Å². The lowest BCUT2D eigenvalue weighted by molar-refractivity contribution is -0.397.